The monoisotopic (exact) mass is 446 g/mol. The molecule has 1 fully saturated rings. The van der Waals surface area contributed by atoms with E-state index >= 15 is 0 Å². The fraction of sp³-hybridized carbons (Fsp3) is 0.160. The first-order valence-corrected chi connectivity index (χ1v) is 10.1. The van der Waals surface area contributed by atoms with Crippen LogP contribution in [0.4, 0.5) is 5.82 Å². The third-order valence-corrected chi connectivity index (χ3v) is 5.43. The van der Waals surface area contributed by atoms with Crippen molar-refractivity contribution < 1.29 is 28.9 Å². The Morgan fingerprint density at radius 2 is 1.64 bits per heavy atom. The molecule has 1 unspecified atom stereocenters. The van der Waals surface area contributed by atoms with Crippen LogP contribution in [0.2, 0.25) is 0 Å². The summed E-state index contributed by atoms with van der Waals surface area (Å²) >= 11 is 0. The highest BCUT2D eigenvalue weighted by Crippen LogP contribution is 2.43. The molecule has 1 amide bonds. The Balaban J connectivity index is 1.94. The number of benzene rings is 2. The van der Waals surface area contributed by atoms with E-state index in [1.54, 1.807) is 60.7 Å². The summed E-state index contributed by atoms with van der Waals surface area (Å²) in [7, 11) is 4.54. The lowest BCUT2D eigenvalue weighted by Gasteiger charge is -2.25. The number of carbonyl (C=O) groups excluding carboxylic acids is 2. The summed E-state index contributed by atoms with van der Waals surface area (Å²) in [6.07, 6.45) is 1.53. The zero-order chi connectivity index (χ0) is 23.5. The van der Waals surface area contributed by atoms with Gasteiger partial charge in [-0.25, -0.2) is 4.98 Å². The van der Waals surface area contributed by atoms with Gasteiger partial charge in [0.25, 0.3) is 5.78 Å². The smallest absolute Gasteiger partial charge is 0.301 e. The zero-order valence-electron chi connectivity index (χ0n) is 18.3. The minimum atomic E-state index is -0.929. The Labute approximate surface area is 190 Å². The summed E-state index contributed by atoms with van der Waals surface area (Å²) in [4.78, 5) is 31.8. The van der Waals surface area contributed by atoms with E-state index in [1.807, 2.05) is 0 Å². The van der Waals surface area contributed by atoms with E-state index in [4.69, 9.17) is 14.2 Å². The Morgan fingerprint density at radius 1 is 0.909 bits per heavy atom. The first-order chi connectivity index (χ1) is 16.0. The van der Waals surface area contributed by atoms with Crippen molar-refractivity contribution in [1.29, 1.82) is 0 Å². The van der Waals surface area contributed by atoms with Crippen LogP contribution in [0.3, 0.4) is 0 Å². The van der Waals surface area contributed by atoms with Crippen LogP contribution in [0.5, 0.6) is 17.2 Å². The van der Waals surface area contributed by atoms with Gasteiger partial charge in [-0.05, 0) is 54.1 Å². The molecule has 168 valence electrons. The molecule has 0 bridgehead atoms. The van der Waals surface area contributed by atoms with Crippen LogP contribution >= 0.6 is 0 Å². The largest absolute Gasteiger partial charge is 0.507 e. The van der Waals surface area contributed by atoms with Gasteiger partial charge in [0.2, 0.25) is 0 Å². The van der Waals surface area contributed by atoms with Crippen molar-refractivity contribution in [1.82, 2.24) is 4.98 Å². The van der Waals surface area contributed by atoms with Crippen molar-refractivity contribution in [3.8, 4) is 17.2 Å². The highest BCUT2D eigenvalue weighted by Gasteiger charge is 2.47. The summed E-state index contributed by atoms with van der Waals surface area (Å²) in [5, 5.41) is 11.2. The molecule has 1 N–H and O–H groups in total. The maximum absolute atomic E-state index is 13.2. The number of rotatable bonds is 6. The van der Waals surface area contributed by atoms with E-state index < -0.39 is 17.7 Å². The fourth-order valence-corrected chi connectivity index (χ4v) is 3.81. The number of pyridine rings is 1. The van der Waals surface area contributed by atoms with E-state index in [2.05, 4.69) is 4.98 Å². The number of hydrogen-bond donors (Lipinski definition) is 1. The Kier molecular flexibility index (Phi) is 5.99. The molecule has 1 saturated heterocycles. The van der Waals surface area contributed by atoms with Crippen LogP contribution in [0.1, 0.15) is 17.2 Å². The molecule has 2 aromatic carbocycles. The molecule has 2 heterocycles. The molecule has 1 aliphatic heterocycles. The number of ketones is 1. The number of methoxy groups -OCH3 is 3. The average Bonchev–Trinajstić information content (AvgIpc) is 3.13. The molecular formula is C25H22N2O6. The lowest BCUT2D eigenvalue weighted by Crippen LogP contribution is -2.30. The lowest BCUT2D eigenvalue weighted by molar-refractivity contribution is -0.132. The predicted octanol–water partition coefficient (Wildman–Crippen LogP) is 3.73. The van der Waals surface area contributed by atoms with Gasteiger partial charge < -0.3 is 19.3 Å². The van der Waals surface area contributed by atoms with Gasteiger partial charge >= 0.3 is 5.91 Å². The number of carbonyl (C=O) groups is 2. The molecule has 8 heteroatoms. The molecule has 0 spiro atoms. The first-order valence-electron chi connectivity index (χ1n) is 10.1. The Morgan fingerprint density at radius 3 is 2.24 bits per heavy atom. The number of nitrogens with zero attached hydrogens (tertiary/aromatic N) is 2. The van der Waals surface area contributed by atoms with Gasteiger partial charge in [-0.2, -0.15) is 0 Å². The third kappa shape index (κ3) is 3.87. The molecule has 0 radical (unpaired) electrons. The molecule has 33 heavy (non-hydrogen) atoms. The van der Waals surface area contributed by atoms with Crippen LogP contribution in [0, 0.1) is 0 Å². The predicted molar refractivity (Wildman–Crippen MR) is 122 cm³/mol. The fourth-order valence-electron chi connectivity index (χ4n) is 3.81. The number of Topliss-reactive ketones (excluding diaryl/α,β-unsaturated/α-hetero) is 1. The number of anilines is 1. The van der Waals surface area contributed by atoms with Crippen LogP contribution in [0.15, 0.2) is 72.4 Å². The second-order valence-electron chi connectivity index (χ2n) is 7.20. The van der Waals surface area contributed by atoms with E-state index in [0.717, 1.165) is 0 Å². The number of aromatic nitrogens is 1. The molecular weight excluding hydrogens is 424 g/mol. The van der Waals surface area contributed by atoms with E-state index in [1.165, 1.54) is 32.4 Å². The minimum Gasteiger partial charge on any atom is -0.507 e. The van der Waals surface area contributed by atoms with Crippen molar-refractivity contribution >= 4 is 23.3 Å². The summed E-state index contributed by atoms with van der Waals surface area (Å²) < 4.78 is 15.9. The van der Waals surface area contributed by atoms with Crippen LogP contribution in [-0.4, -0.2) is 43.1 Å². The van der Waals surface area contributed by atoms with Gasteiger partial charge in [-0.1, -0.05) is 12.1 Å². The molecule has 0 saturated carbocycles. The van der Waals surface area contributed by atoms with E-state index in [0.29, 0.717) is 28.4 Å². The third-order valence-electron chi connectivity index (χ3n) is 5.43. The average molecular weight is 446 g/mol. The van der Waals surface area contributed by atoms with Crippen molar-refractivity contribution in [3.63, 3.8) is 0 Å². The minimum absolute atomic E-state index is 0.0527. The Bertz CT molecular complexity index is 1220. The van der Waals surface area contributed by atoms with E-state index in [-0.39, 0.29) is 17.2 Å². The molecule has 1 aliphatic rings. The number of aliphatic hydroxyl groups excluding tert-OH is 1. The van der Waals surface area contributed by atoms with Gasteiger partial charge in [0, 0.05) is 11.8 Å². The topological polar surface area (TPSA) is 98.2 Å². The van der Waals surface area contributed by atoms with Crippen molar-refractivity contribution in [3.05, 3.63) is 83.6 Å². The number of amides is 1. The lowest BCUT2D eigenvalue weighted by atomic mass is 9.95. The van der Waals surface area contributed by atoms with Crippen LogP contribution in [0.25, 0.3) is 5.76 Å². The van der Waals surface area contributed by atoms with Crippen molar-refractivity contribution in [2.75, 3.05) is 26.2 Å². The molecule has 4 rings (SSSR count). The number of ether oxygens (including phenoxy) is 3. The van der Waals surface area contributed by atoms with Gasteiger partial charge in [0.15, 0.2) is 11.5 Å². The quantitative estimate of drug-likeness (QED) is 0.350. The van der Waals surface area contributed by atoms with Crippen molar-refractivity contribution in [2.45, 2.75) is 6.04 Å². The number of aliphatic hydroxyl groups is 1. The molecule has 3 aromatic rings. The van der Waals surface area contributed by atoms with Crippen molar-refractivity contribution in [2.24, 2.45) is 0 Å². The SMILES string of the molecule is COc1ccc(/C(O)=C2\C(=O)C(=O)N(c3ccccn3)C2c2ccc(OC)c(OC)c2)cc1. The second kappa shape index (κ2) is 9.04. The van der Waals surface area contributed by atoms with Gasteiger partial charge in [0.05, 0.1) is 32.9 Å². The summed E-state index contributed by atoms with van der Waals surface area (Å²) in [5.41, 5.74) is 0.871. The standard InChI is InChI=1S/C25H22N2O6/c1-31-17-10-7-15(8-11-17)23(28)21-22(16-9-12-18(32-2)19(14-16)33-3)27(25(30)24(21)29)20-6-4-5-13-26-20/h4-14,22,28H,1-3H3/b23-21+. The first kappa shape index (κ1) is 21.9. The zero-order valence-corrected chi connectivity index (χ0v) is 18.3. The van der Waals surface area contributed by atoms with Crippen LogP contribution in [-0.2, 0) is 9.59 Å². The second-order valence-corrected chi connectivity index (χ2v) is 7.20. The summed E-state index contributed by atoms with van der Waals surface area (Å²) in [5.74, 6) is -0.103. The summed E-state index contributed by atoms with van der Waals surface area (Å²) in [6, 6.07) is 15.8. The number of hydrogen-bond acceptors (Lipinski definition) is 7. The highest BCUT2D eigenvalue weighted by atomic mass is 16.5. The van der Waals surface area contributed by atoms with Gasteiger partial charge in [0.1, 0.15) is 17.3 Å². The van der Waals surface area contributed by atoms with Gasteiger partial charge in [-0.3, -0.25) is 14.5 Å². The Hall–Kier alpha value is -4.33. The molecule has 0 aliphatic carbocycles. The molecule has 1 aromatic heterocycles. The van der Waals surface area contributed by atoms with Crippen LogP contribution < -0.4 is 19.1 Å². The molecule has 8 nitrogen and oxygen atoms in total. The maximum atomic E-state index is 13.2. The summed E-state index contributed by atoms with van der Waals surface area (Å²) in [6.45, 7) is 0. The highest BCUT2D eigenvalue weighted by molar-refractivity contribution is 6.51. The maximum Gasteiger partial charge on any atom is 0.301 e. The van der Waals surface area contributed by atoms with Gasteiger partial charge in [-0.15, -0.1) is 0 Å². The normalized spacial score (nSPS) is 17.2. The van der Waals surface area contributed by atoms with E-state index in [9.17, 15) is 14.7 Å². The molecule has 1 atom stereocenters.